The number of nitrogens with one attached hydrogen (secondary N) is 1. The minimum Gasteiger partial charge on any atom is -0.368 e. The van der Waals surface area contributed by atoms with E-state index in [1.54, 1.807) is 4.57 Å². The van der Waals surface area contributed by atoms with Crippen LogP contribution in [0.4, 0.5) is 10.9 Å². The van der Waals surface area contributed by atoms with Gasteiger partial charge in [-0.1, -0.05) is 25.6 Å². The number of aryl methyl sites for hydroxylation is 1. The number of primary amides is 1. The van der Waals surface area contributed by atoms with E-state index in [0.29, 0.717) is 22.1 Å². The number of rotatable bonds is 7. The molecule has 0 spiro atoms. The second-order valence-corrected chi connectivity index (χ2v) is 7.86. The fourth-order valence-corrected chi connectivity index (χ4v) is 4.29. The first-order valence-corrected chi connectivity index (χ1v) is 9.65. The van der Waals surface area contributed by atoms with Gasteiger partial charge in [-0.2, -0.15) is 0 Å². The van der Waals surface area contributed by atoms with Crippen LogP contribution in [0.25, 0.3) is 0 Å². The molecule has 5 N–H and O–H groups in total. The van der Waals surface area contributed by atoms with Gasteiger partial charge in [0.2, 0.25) is 11.9 Å². The van der Waals surface area contributed by atoms with Crippen molar-refractivity contribution in [3.63, 3.8) is 0 Å². The number of carbonyl (C=O) groups excluding carboxylic acids is 2. The highest BCUT2D eigenvalue weighted by Gasteiger charge is 2.27. The molecule has 2 aromatic heterocycles. The van der Waals surface area contributed by atoms with Crippen LogP contribution in [0.5, 0.6) is 0 Å². The van der Waals surface area contributed by atoms with E-state index in [1.807, 2.05) is 27.7 Å². The van der Waals surface area contributed by atoms with Gasteiger partial charge in [-0.3, -0.25) is 14.2 Å². The van der Waals surface area contributed by atoms with Crippen LogP contribution < -0.4 is 16.8 Å². The Balaban J connectivity index is 2.35. The number of anilines is 2. The first kappa shape index (κ1) is 19.3. The number of hydrogen-bond donors (Lipinski definition) is 3. The van der Waals surface area contributed by atoms with Crippen LogP contribution in [-0.2, 0) is 4.79 Å². The van der Waals surface area contributed by atoms with Crippen molar-refractivity contribution in [2.24, 2.45) is 5.73 Å². The zero-order chi connectivity index (χ0) is 18.7. The smallest absolute Gasteiger partial charge is 0.251 e. The first-order chi connectivity index (χ1) is 11.8. The number of nitrogens with two attached hydrogens (primary N) is 2. The Morgan fingerprint density at radius 1 is 1.32 bits per heavy atom. The predicted octanol–water partition coefficient (Wildman–Crippen LogP) is 2.34. The molecule has 0 aromatic carbocycles. The Hall–Kier alpha value is -2.07. The Bertz CT molecular complexity index is 798. The van der Waals surface area contributed by atoms with Crippen LogP contribution in [0.3, 0.4) is 0 Å². The fourth-order valence-electron chi connectivity index (χ4n) is 2.50. The molecule has 0 saturated carbocycles. The monoisotopic (exact) mass is 382 g/mol. The normalized spacial score (nSPS) is 12.2. The Morgan fingerprint density at radius 2 is 2.00 bits per heavy atom. The number of nitrogen functional groups attached to an aromatic ring is 1. The van der Waals surface area contributed by atoms with E-state index in [1.165, 1.54) is 23.1 Å². The van der Waals surface area contributed by atoms with E-state index in [-0.39, 0.29) is 11.9 Å². The van der Waals surface area contributed by atoms with Gasteiger partial charge in [0.05, 0.1) is 5.56 Å². The quantitative estimate of drug-likeness (QED) is 0.630. The lowest BCUT2D eigenvalue weighted by atomic mass is 10.1. The molecule has 0 radical (unpaired) electrons. The van der Waals surface area contributed by atoms with Crippen LogP contribution >= 0.6 is 23.1 Å². The zero-order valence-corrected chi connectivity index (χ0v) is 16.3. The van der Waals surface area contributed by atoms with E-state index >= 15 is 0 Å². The average molecular weight is 383 g/mol. The van der Waals surface area contributed by atoms with Gasteiger partial charge in [-0.15, -0.1) is 21.5 Å². The molecule has 2 amide bonds. The largest absolute Gasteiger partial charge is 0.368 e. The SMILES string of the molecule is CCSc1nnc(N)n1C(CC)C(=O)Nc1sc(C)c(C)c1C(N)=O. The van der Waals surface area contributed by atoms with Gasteiger partial charge in [-0.25, -0.2) is 0 Å². The van der Waals surface area contributed by atoms with Crippen LogP contribution in [0.2, 0.25) is 0 Å². The lowest BCUT2D eigenvalue weighted by Gasteiger charge is -2.18. The summed E-state index contributed by atoms with van der Waals surface area (Å²) in [7, 11) is 0. The van der Waals surface area contributed by atoms with Crippen molar-refractivity contribution in [3.05, 3.63) is 16.0 Å². The van der Waals surface area contributed by atoms with E-state index in [2.05, 4.69) is 15.5 Å². The van der Waals surface area contributed by atoms with Crippen molar-refractivity contribution in [1.82, 2.24) is 14.8 Å². The molecule has 0 aliphatic carbocycles. The molecule has 2 heterocycles. The van der Waals surface area contributed by atoms with Crippen LogP contribution in [0.1, 0.15) is 47.1 Å². The number of hydrogen-bond acceptors (Lipinski definition) is 7. The molecule has 0 aliphatic heterocycles. The van der Waals surface area contributed by atoms with Gasteiger partial charge in [-0.05, 0) is 31.6 Å². The summed E-state index contributed by atoms with van der Waals surface area (Å²) in [6, 6.07) is -0.576. The minimum atomic E-state index is -0.576. The third kappa shape index (κ3) is 3.79. The standard InChI is InChI=1S/C15H22N6O2S2/c1-5-9(21-14(17)19-20-15(21)24-6-2)12(23)18-13-10(11(16)22)7(3)8(4)25-13/h9H,5-6H2,1-4H3,(H2,16,22)(H2,17,19)(H,18,23). The Labute approximate surface area is 154 Å². The molecule has 1 unspecified atom stereocenters. The zero-order valence-electron chi connectivity index (χ0n) is 14.6. The molecule has 1 atom stereocenters. The molecule has 8 nitrogen and oxygen atoms in total. The number of thioether (sulfide) groups is 1. The maximum atomic E-state index is 12.8. The summed E-state index contributed by atoms with van der Waals surface area (Å²) in [4.78, 5) is 25.5. The second-order valence-electron chi connectivity index (χ2n) is 5.41. The van der Waals surface area contributed by atoms with Gasteiger partial charge in [0, 0.05) is 4.88 Å². The van der Waals surface area contributed by atoms with Crippen molar-refractivity contribution < 1.29 is 9.59 Å². The van der Waals surface area contributed by atoms with Crippen molar-refractivity contribution in [2.45, 2.75) is 45.3 Å². The maximum Gasteiger partial charge on any atom is 0.251 e. The van der Waals surface area contributed by atoms with Crippen molar-refractivity contribution >= 4 is 45.9 Å². The maximum absolute atomic E-state index is 12.8. The highest BCUT2D eigenvalue weighted by molar-refractivity contribution is 7.99. The van der Waals surface area contributed by atoms with Crippen LogP contribution in [-0.4, -0.2) is 32.3 Å². The summed E-state index contributed by atoms with van der Waals surface area (Å²) in [6.45, 7) is 7.56. The summed E-state index contributed by atoms with van der Waals surface area (Å²) in [6.07, 6.45) is 0.501. The number of carbonyl (C=O) groups is 2. The van der Waals surface area contributed by atoms with E-state index in [0.717, 1.165) is 16.2 Å². The highest BCUT2D eigenvalue weighted by atomic mass is 32.2. The number of nitrogens with zero attached hydrogens (tertiary/aromatic N) is 3. The molecule has 2 aromatic rings. The summed E-state index contributed by atoms with van der Waals surface area (Å²) in [5, 5.41) is 11.8. The number of aromatic nitrogens is 3. The molecule has 0 aliphatic rings. The lowest BCUT2D eigenvalue weighted by Crippen LogP contribution is -2.28. The molecular formula is C15H22N6O2S2. The summed E-state index contributed by atoms with van der Waals surface area (Å²) in [5.41, 5.74) is 12.5. The average Bonchev–Trinajstić information content (AvgIpc) is 3.02. The van der Waals surface area contributed by atoms with E-state index in [4.69, 9.17) is 11.5 Å². The Morgan fingerprint density at radius 3 is 2.56 bits per heavy atom. The fraction of sp³-hybridized carbons (Fsp3) is 0.467. The van der Waals surface area contributed by atoms with E-state index in [9.17, 15) is 9.59 Å². The Kier molecular flexibility index (Phi) is 6.07. The summed E-state index contributed by atoms with van der Waals surface area (Å²) >= 11 is 2.79. The minimum absolute atomic E-state index is 0.187. The van der Waals surface area contributed by atoms with Crippen molar-refractivity contribution in [3.8, 4) is 0 Å². The molecule has 10 heteroatoms. The molecule has 0 fully saturated rings. The van der Waals surface area contributed by atoms with Crippen LogP contribution in [0.15, 0.2) is 5.16 Å². The second kappa shape index (κ2) is 7.87. The lowest BCUT2D eigenvalue weighted by molar-refractivity contribution is -0.119. The van der Waals surface area contributed by atoms with Gasteiger partial charge < -0.3 is 16.8 Å². The predicted molar refractivity (Wildman–Crippen MR) is 101 cm³/mol. The number of amides is 2. The van der Waals surface area contributed by atoms with Gasteiger partial charge in [0.25, 0.3) is 5.91 Å². The van der Waals surface area contributed by atoms with Gasteiger partial charge in [0.1, 0.15) is 11.0 Å². The molecule has 25 heavy (non-hydrogen) atoms. The van der Waals surface area contributed by atoms with Crippen molar-refractivity contribution in [2.75, 3.05) is 16.8 Å². The van der Waals surface area contributed by atoms with Crippen LogP contribution in [0, 0.1) is 13.8 Å². The molecule has 2 rings (SSSR count). The van der Waals surface area contributed by atoms with Gasteiger partial charge in [0.15, 0.2) is 5.16 Å². The van der Waals surface area contributed by atoms with Crippen molar-refractivity contribution in [1.29, 1.82) is 0 Å². The molecule has 136 valence electrons. The third-order valence-electron chi connectivity index (χ3n) is 3.83. The van der Waals surface area contributed by atoms with Gasteiger partial charge >= 0.3 is 0 Å². The molecule has 0 bridgehead atoms. The number of thiophene rings is 1. The molecular weight excluding hydrogens is 360 g/mol. The topological polar surface area (TPSA) is 129 Å². The third-order valence-corrected chi connectivity index (χ3v) is 5.78. The molecule has 0 saturated heterocycles. The highest BCUT2D eigenvalue weighted by Crippen LogP contribution is 2.33. The van der Waals surface area contributed by atoms with E-state index < -0.39 is 11.9 Å². The summed E-state index contributed by atoms with van der Waals surface area (Å²) in [5.74, 6) is 0.129. The summed E-state index contributed by atoms with van der Waals surface area (Å²) < 4.78 is 1.63. The first-order valence-electron chi connectivity index (χ1n) is 7.85.